The maximum atomic E-state index is 13.1. The molecule has 6 rings (SSSR count). The molecular formula is C23H32FN3O. The number of nitrogens with one attached hydrogen (secondary N) is 1. The summed E-state index contributed by atoms with van der Waals surface area (Å²) >= 11 is 0. The Balaban J connectivity index is 1.15. The van der Waals surface area contributed by atoms with E-state index in [0.717, 1.165) is 68.4 Å². The van der Waals surface area contributed by atoms with Crippen LogP contribution in [0.2, 0.25) is 0 Å². The van der Waals surface area contributed by atoms with Crippen LogP contribution >= 0.6 is 0 Å². The van der Waals surface area contributed by atoms with Gasteiger partial charge in [-0.3, -0.25) is 4.90 Å². The van der Waals surface area contributed by atoms with Crippen molar-refractivity contribution in [3.8, 4) is 0 Å². The molecule has 0 aromatic heterocycles. The van der Waals surface area contributed by atoms with E-state index in [9.17, 15) is 9.18 Å². The minimum absolute atomic E-state index is 0.154. The maximum absolute atomic E-state index is 13.1. The number of amides is 2. The number of halogens is 1. The Labute approximate surface area is 167 Å². The van der Waals surface area contributed by atoms with E-state index in [1.807, 2.05) is 17.0 Å². The molecule has 4 saturated carbocycles. The molecule has 1 heterocycles. The number of carbonyl (C=O) groups excluding carboxylic acids is 1. The summed E-state index contributed by atoms with van der Waals surface area (Å²) in [7, 11) is 0. The molecule has 2 amide bonds. The Kier molecular flexibility index (Phi) is 5.04. The molecule has 5 fully saturated rings. The standard InChI is InChI=1S/C23H32FN3O/c24-21-4-2-16(3-5-21)15-26-6-1-7-27(9-8-26)23(28)25-22-19-11-17-10-18(13-19)14-20(22)12-17/h2-5,17-20,22H,1,6-15H2,(H,25,28). The lowest BCUT2D eigenvalue weighted by molar-refractivity contribution is -0.0109. The predicted molar refractivity (Wildman–Crippen MR) is 107 cm³/mol. The molecule has 0 radical (unpaired) electrons. The lowest BCUT2D eigenvalue weighted by Crippen LogP contribution is -2.58. The van der Waals surface area contributed by atoms with E-state index in [-0.39, 0.29) is 11.8 Å². The number of hydrogen-bond donors (Lipinski definition) is 1. The highest BCUT2D eigenvalue weighted by Crippen LogP contribution is 2.53. The summed E-state index contributed by atoms with van der Waals surface area (Å²) < 4.78 is 13.1. The molecule has 1 saturated heterocycles. The second kappa shape index (κ2) is 7.66. The maximum Gasteiger partial charge on any atom is 0.317 e. The van der Waals surface area contributed by atoms with Crippen LogP contribution < -0.4 is 5.32 Å². The van der Waals surface area contributed by atoms with Crippen molar-refractivity contribution in [3.05, 3.63) is 35.6 Å². The van der Waals surface area contributed by atoms with Crippen LogP contribution in [0.1, 0.15) is 44.1 Å². The summed E-state index contributed by atoms with van der Waals surface area (Å²) in [6.45, 7) is 4.30. The van der Waals surface area contributed by atoms with Crippen LogP contribution in [0.4, 0.5) is 9.18 Å². The molecule has 1 aromatic carbocycles. The Morgan fingerprint density at radius 3 is 2.29 bits per heavy atom. The van der Waals surface area contributed by atoms with Gasteiger partial charge in [-0.1, -0.05) is 12.1 Å². The van der Waals surface area contributed by atoms with E-state index in [4.69, 9.17) is 0 Å². The van der Waals surface area contributed by atoms with Crippen LogP contribution in [-0.4, -0.2) is 48.1 Å². The van der Waals surface area contributed by atoms with Gasteiger partial charge in [0.1, 0.15) is 5.82 Å². The summed E-state index contributed by atoms with van der Waals surface area (Å²) in [5.74, 6) is 3.14. The fraction of sp³-hybridized carbons (Fsp3) is 0.696. The van der Waals surface area contributed by atoms with Crippen LogP contribution in [0.25, 0.3) is 0 Å². The van der Waals surface area contributed by atoms with E-state index >= 15 is 0 Å². The smallest absolute Gasteiger partial charge is 0.317 e. The highest BCUT2D eigenvalue weighted by Gasteiger charge is 2.48. The summed E-state index contributed by atoms with van der Waals surface area (Å²) in [6, 6.07) is 7.34. The van der Waals surface area contributed by atoms with Crippen LogP contribution in [0, 0.1) is 29.5 Å². The fourth-order valence-corrected chi connectivity index (χ4v) is 6.57. The van der Waals surface area contributed by atoms with E-state index in [1.165, 1.54) is 44.2 Å². The third-order valence-electron chi connectivity index (χ3n) is 7.71. The summed E-state index contributed by atoms with van der Waals surface area (Å²) in [6.07, 6.45) is 7.79. The average Bonchev–Trinajstić information content (AvgIpc) is 2.91. The molecule has 1 aromatic rings. The van der Waals surface area contributed by atoms with Crippen molar-refractivity contribution < 1.29 is 9.18 Å². The van der Waals surface area contributed by atoms with Gasteiger partial charge < -0.3 is 10.2 Å². The summed E-state index contributed by atoms with van der Waals surface area (Å²) in [4.78, 5) is 17.4. The molecule has 0 atom stereocenters. The molecule has 1 N–H and O–H groups in total. The highest BCUT2D eigenvalue weighted by atomic mass is 19.1. The first kappa shape index (κ1) is 18.4. The molecule has 1 aliphatic heterocycles. The van der Waals surface area contributed by atoms with Gasteiger partial charge in [0.2, 0.25) is 0 Å². The van der Waals surface area contributed by atoms with E-state index in [1.54, 1.807) is 0 Å². The first-order valence-electron chi connectivity index (χ1n) is 11.2. The molecule has 4 aliphatic carbocycles. The van der Waals surface area contributed by atoms with Gasteiger partial charge >= 0.3 is 6.03 Å². The lowest BCUT2D eigenvalue weighted by Gasteiger charge is -2.54. The normalized spacial score (nSPS) is 35.0. The SMILES string of the molecule is O=C(NC1C2CC3CC(C2)CC1C3)N1CCCN(Cc2ccc(F)cc2)CC1. The number of nitrogens with zero attached hydrogens (tertiary/aromatic N) is 2. The van der Waals surface area contributed by atoms with Gasteiger partial charge in [-0.2, -0.15) is 0 Å². The van der Waals surface area contributed by atoms with Crippen LogP contribution in [-0.2, 0) is 6.54 Å². The Morgan fingerprint density at radius 2 is 1.61 bits per heavy atom. The molecule has 4 nitrogen and oxygen atoms in total. The first-order valence-corrected chi connectivity index (χ1v) is 11.2. The number of benzene rings is 1. The highest BCUT2D eigenvalue weighted by molar-refractivity contribution is 5.74. The number of carbonyl (C=O) groups is 1. The van der Waals surface area contributed by atoms with Crippen molar-refractivity contribution in [2.24, 2.45) is 23.7 Å². The van der Waals surface area contributed by atoms with Gasteiger partial charge in [0.15, 0.2) is 0 Å². The lowest BCUT2D eigenvalue weighted by atomic mass is 9.54. The Morgan fingerprint density at radius 1 is 0.929 bits per heavy atom. The van der Waals surface area contributed by atoms with Crippen molar-refractivity contribution in [2.45, 2.75) is 51.1 Å². The number of hydrogen-bond acceptors (Lipinski definition) is 2. The van der Waals surface area contributed by atoms with Crippen molar-refractivity contribution in [3.63, 3.8) is 0 Å². The molecule has 28 heavy (non-hydrogen) atoms. The van der Waals surface area contributed by atoms with Crippen molar-refractivity contribution in [1.29, 1.82) is 0 Å². The van der Waals surface area contributed by atoms with Gasteiger partial charge in [0.05, 0.1) is 0 Å². The molecule has 0 unspecified atom stereocenters. The molecule has 5 heteroatoms. The van der Waals surface area contributed by atoms with Gasteiger partial charge in [0.25, 0.3) is 0 Å². The van der Waals surface area contributed by atoms with Crippen LogP contribution in [0.15, 0.2) is 24.3 Å². The molecular weight excluding hydrogens is 353 g/mol. The molecule has 0 spiro atoms. The Bertz CT molecular complexity index is 678. The second-order valence-corrected chi connectivity index (χ2v) is 9.65. The van der Waals surface area contributed by atoms with Crippen molar-refractivity contribution >= 4 is 6.03 Å². The third-order valence-corrected chi connectivity index (χ3v) is 7.71. The van der Waals surface area contributed by atoms with Crippen LogP contribution in [0.3, 0.4) is 0 Å². The molecule has 4 bridgehead atoms. The third kappa shape index (κ3) is 3.78. The van der Waals surface area contributed by atoms with Gasteiger partial charge in [-0.05, 0) is 79.9 Å². The predicted octanol–water partition coefficient (Wildman–Crippen LogP) is 3.87. The van der Waals surface area contributed by atoms with E-state index in [2.05, 4.69) is 10.2 Å². The number of urea groups is 1. The van der Waals surface area contributed by atoms with Gasteiger partial charge in [-0.25, -0.2) is 9.18 Å². The van der Waals surface area contributed by atoms with Crippen molar-refractivity contribution in [2.75, 3.05) is 26.2 Å². The van der Waals surface area contributed by atoms with Crippen molar-refractivity contribution in [1.82, 2.24) is 15.1 Å². The average molecular weight is 386 g/mol. The minimum atomic E-state index is -0.188. The molecule has 5 aliphatic rings. The second-order valence-electron chi connectivity index (χ2n) is 9.65. The largest absolute Gasteiger partial charge is 0.335 e. The van der Waals surface area contributed by atoms with E-state index in [0.29, 0.717) is 6.04 Å². The Hall–Kier alpha value is -1.62. The number of rotatable bonds is 3. The minimum Gasteiger partial charge on any atom is -0.335 e. The summed E-state index contributed by atoms with van der Waals surface area (Å²) in [5.41, 5.74) is 1.13. The first-order chi connectivity index (χ1) is 13.6. The monoisotopic (exact) mass is 385 g/mol. The van der Waals surface area contributed by atoms with E-state index < -0.39 is 0 Å². The molecule has 152 valence electrons. The topological polar surface area (TPSA) is 35.6 Å². The fourth-order valence-electron chi connectivity index (χ4n) is 6.57. The van der Waals surface area contributed by atoms with Gasteiger partial charge in [0, 0.05) is 38.8 Å². The zero-order valence-electron chi connectivity index (χ0n) is 16.7. The van der Waals surface area contributed by atoms with Crippen LogP contribution in [0.5, 0.6) is 0 Å². The zero-order chi connectivity index (χ0) is 19.1. The zero-order valence-corrected chi connectivity index (χ0v) is 16.7. The quantitative estimate of drug-likeness (QED) is 0.857. The van der Waals surface area contributed by atoms with Gasteiger partial charge in [-0.15, -0.1) is 0 Å². The summed E-state index contributed by atoms with van der Waals surface area (Å²) in [5, 5.41) is 3.46.